The Morgan fingerprint density at radius 2 is 1.13 bits per heavy atom. The molecule has 1 nitrogen and oxygen atoms in total. The van der Waals surface area contributed by atoms with Crippen LogP contribution in [0.25, 0.3) is 11.1 Å². The lowest BCUT2D eigenvalue weighted by Gasteiger charge is -2.36. The van der Waals surface area contributed by atoms with Crippen LogP contribution in [-0.2, 0) is 4.79 Å². The molecule has 2 aromatic carbocycles. The Morgan fingerprint density at radius 3 is 1.66 bits per heavy atom. The summed E-state index contributed by atoms with van der Waals surface area (Å²) in [5, 5.41) is 0. The lowest BCUT2D eigenvalue weighted by Crippen LogP contribution is -2.28. The molecule has 0 heterocycles. The molecule has 1 heteroatoms. The summed E-state index contributed by atoms with van der Waals surface area (Å²) in [5.74, 6) is 2.34. The van der Waals surface area contributed by atoms with E-state index in [-0.39, 0.29) is 5.41 Å². The first-order chi connectivity index (χ1) is 18.7. The van der Waals surface area contributed by atoms with E-state index in [1.54, 1.807) is 5.56 Å². The molecule has 38 heavy (non-hydrogen) atoms. The second-order valence-corrected chi connectivity index (χ2v) is 12.9. The van der Waals surface area contributed by atoms with Crippen molar-refractivity contribution in [2.24, 2.45) is 11.3 Å². The number of carbonyl (C=O) groups is 1. The van der Waals surface area contributed by atoms with Gasteiger partial charge >= 0.3 is 0 Å². The molecular weight excluding hydrogens is 460 g/mol. The van der Waals surface area contributed by atoms with Gasteiger partial charge in [0, 0.05) is 5.41 Å². The van der Waals surface area contributed by atoms with E-state index < -0.39 is 0 Å². The van der Waals surface area contributed by atoms with E-state index in [4.69, 9.17) is 0 Å². The normalized spacial score (nSPS) is 25.8. The fourth-order valence-corrected chi connectivity index (χ4v) is 7.40. The average molecular weight is 515 g/mol. The van der Waals surface area contributed by atoms with E-state index in [2.05, 4.69) is 62.4 Å². The first-order valence-electron chi connectivity index (χ1n) is 16.3. The molecule has 0 radical (unpaired) electrons. The standard InChI is InChI=1S/C37H54O/c1-3-5-7-8-10-26-37(29-38)27-24-36(25-28-37)35-22-20-34(21-23-35)33-18-16-32(17-19-33)31-14-12-30(13-15-31)11-9-6-4-2/h16-23,29-31,36H,3-15,24-28H2,1-2H3. The van der Waals surface area contributed by atoms with Gasteiger partial charge < -0.3 is 4.79 Å². The van der Waals surface area contributed by atoms with Crippen LogP contribution in [0.15, 0.2) is 48.5 Å². The van der Waals surface area contributed by atoms with Crippen LogP contribution in [0.3, 0.4) is 0 Å². The van der Waals surface area contributed by atoms with Crippen LogP contribution >= 0.6 is 0 Å². The van der Waals surface area contributed by atoms with Crippen molar-refractivity contribution in [3.05, 3.63) is 59.7 Å². The van der Waals surface area contributed by atoms with Gasteiger partial charge in [-0.1, -0.05) is 120 Å². The summed E-state index contributed by atoms with van der Waals surface area (Å²) >= 11 is 0. The van der Waals surface area contributed by atoms with E-state index in [0.29, 0.717) is 5.92 Å². The number of rotatable bonds is 14. The summed E-state index contributed by atoms with van der Waals surface area (Å²) in [7, 11) is 0. The predicted octanol–water partition coefficient (Wildman–Crippen LogP) is 11.4. The summed E-state index contributed by atoms with van der Waals surface area (Å²) in [6.45, 7) is 4.57. The molecule has 0 bridgehead atoms. The quantitative estimate of drug-likeness (QED) is 0.181. The Bertz CT molecular complexity index is 924. The Balaban J connectivity index is 1.25. The van der Waals surface area contributed by atoms with Gasteiger partial charge in [-0.25, -0.2) is 0 Å². The minimum Gasteiger partial charge on any atom is -0.303 e. The second kappa shape index (κ2) is 15.0. The summed E-state index contributed by atoms with van der Waals surface area (Å²) in [5.41, 5.74) is 5.62. The van der Waals surface area contributed by atoms with Gasteiger partial charge in [0.25, 0.3) is 0 Å². The minimum atomic E-state index is -0.0430. The maximum absolute atomic E-state index is 12.0. The highest BCUT2D eigenvalue weighted by molar-refractivity contribution is 5.64. The van der Waals surface area contributed by atoms with Gasteiger partial charge in [-0.05, 0) is 97.8 Å². The minimum absolute atomic E-state index is 0.0430. The first kappa shape index (κ1) is 29.1. The van der Waals surface area contributed by atoms with Gasteiger partial charge in [0.05, 0.1) is 0 Å². The summed E-state index contributed by atoms with van der Waals surface area (Å²) in [4.78, 5) is 12.0. The highest BCUT2D eigenvalue weighted by atomic mass is 16.1. The molecule has 0 aliphatic heterocycles. The zero-order valence-corrected chi connectivity index (χ0v) is 24.6. The van der Waals surface area contributed by atoms with Crippen LogP contribution in [0.4, 0.5) is 0 Å². The molecular formula is C37H54O. The lowest BCUT2D eigenvalue weighted by atomic mass is 9.67. The average Bonchev–Trinajstić information content (AvgIpc) is 2.98. The third-order valence-electron chi connectivity index (χ3n) is 10.2. The molecule has 0 unspecified atom stereocenters. The van der Waals surface area contributed by atoms with Crippen molar-refractivity contribution in [2.45, 2.75) is 141 Å². The molecule has 0 atom stereocenters. The van der Waals surface area contributed by atoms with E-state index in [1.165, 1.54) is 106 Å². The van der Waals surface area contributed by atoms with Crippen molar-refractivity contribution in [3.8, 4) is 11.1 Å². The monoisotopic (exact) mass is 514 g/mol. The summed E-state index contributed by atoms with van der Waals surface area (Å²) in [6, 6.07) is 18.8. The molecule has 0 aromatic heterocycles. The Morgan fingerprint density at radius 1 is 0.632 bits per heavy atom. The lowest BCUT2D eigenvalue weighted by molar-refractivity contribution is -0.118. The van der Waals surface area contributed by atoms with Crippen LogP contribution in [-0.4, -0.2) is 6.29 Å². The van der Waals surface area contributed by atoms with Crippen LogP contribution in [0, 0.1) is 11.3 Å². The van der Waals surface area contributed by atoms with Crippen LogP contribution in [0.5, 0.6) is 0 Å². The van der Waals surface area contributed by atoms with Crippen molar-refractivity contribution in [1.82, 2.24) is 0 Å². The molecule has 2 aliphatic rings. The molecule has 2 fully saturated rings. The number of hydrogen-bond donors (Lipinski definition) is 0. The molecule has 2 aromatic rings. The molecule has 2 saturated carbocycles. The fourth-order valence-electron chi connectivity index (χ4n) is 7.40. The zero-order chi connectivity index (χ0) is 26.6. The molecule has 0 N–H and O–H groups in total. The molecule has 0 spiro atoms. The van der Waals surface area contributed by atoms with Crippen molar-refractivity contribution in [1.29, 1.82) is 0 Å². The van der Waals surface area contributed by atoms with Gasteiger partial charge in [-0.3, -0.25) is 0 Å². The second-order valence-electron chi connectivity index (χ2n) is 12.9. The van der Waals surface area contributed by atoms with Gasteiger partial charge in [0.2, 0.25) is 0 Å². The van der Waals surface area contributed by atoms with E-state index >= 15 is 0 Å². The van der Waals surface area contributed by atoms with E-state index in [1.807, 2.05) is 0 Å². The summed E-state index contributed by atoms with van der Waals surface area (Å²) < 4.78 is 0. The highest BCUT2D eigenvalue weighted by Gasteiger charge is 2.35. The summed E-state index contributed by atoms with van der Waals surface area (Å²) in [6.07, 6.45) is 24.5. The van der Waals surface area contributed by atoms with Crippen molar-refractivity contribution >= 4 is 6.29 Å². The number of unbranched alkanes of at least 4 members (excludes halogenated alkanes) is 6. The maximum Gasteiger partial charge on any atom is 0.126 e. The predicted molar refractivity (Wildman–Crippen MR) is 164 cm³/mol. The van der Waals surface area contributed by atoms with E-state index in [0.717, 1.165) is 43.9 Å². The molecule has 4 rings (SSSR count). The number of hydrogen-bond acceptors (Lipinski definition) is 1. The highest BCUT2D eigenvalue weighted by Crippen LogP contribution is 2.45. The topological polar surface area (TPSA) is 17.1 Å². The van der Waals surface area contributed by atoms with Crippen molar-refractivity contribution in [3.63, 3.8) is 0 Å². The fraction of sp³-hybridized carbons (Fsp3) is 0.649. The van der Waals surface area contributed by atoms with Gasteiger partial charge in [0.15, 0.2) is 0 Å². The largest absolute Gasteiger partial charge is 0.303 e. The van der Waals surface area contributed by atoms with Crippen LogP contribution in [0.1, 0.15) is 152 Å². The Hall–Kier alpha value is -1.89. The molecule has 0 saturated heterocycles. The molecule has 208 valence electrons. The van der Waals surface area contributed by atoms with Gasteiger partial charge in [-0.2, -0.15) is 0 Å². The van der Waals surface area contributed by atoms with Crippen LogP contribution in [0.2, 0.25) is 0 Å². The number of benzene rings is 2. The van der Waals surface area contributed by atoms with E-state index in [9.17, 15) is 4.79 Å². The maximum atomic E-state index is 12.0. The third kappa shape index (κ3) is 8.06. The zero-order valence-electron chi connectivity index (χ0n) is 24.6. The third-order valence-corrected chi connectivity index (χ3v) is 10.2. The Labute approximate surface area is 234 Å². The Kier molecular flexibility index (Phi) is 11.5. The molecule has 2 aliphatic carbocycles. The van der Waals surface area contributed by atoms with Crippen molar-refractivity contribution in [2.75, 3.05) is 0 Å². The SMILES string of the molecule is CCCCCCCC1(C=O)CCC(c2ccc(-c3ccc(C4CCC(CCCCC)CC4)cc3)cc2)CC1. The molecule has 0 amide bonds. The van der Waals surface area contributed by atoms with Crippen molar-refractivity contribution < 1.29 is 4.79 Å². The number of carbonyl (C=O) groups excluding carboxylic acids is 1. The smallest absolute Gasteiger partial charge is 0.126 e. The van der Waals surface area contributed by atoms with Gasteiger partial charge in [0.1, 0.15) is 6.29 Å². The van der Waals surface area contributed by atoms with Gasteiger partial charge in [-0.15, -0.1) is 0 Å². The van der Waals surface area contributed by atoms with Crippen LogP contribution < -0.4 is 0 Å². The first-order valence-corrected chi connectivity index (χ1v) is 16.3. The number of aldehydes is 1.